The van der Waals surface area contributed by atoms with Gasteiger partial charge in [-0.1, -0.05) is 34.1 Å². The standard InChI is InChI=1S/C19H35NO4/c1-7-13(2)15(4)17(23-5)11-18(22)20-10-8-9-16(20)19(24-6)14(3)12-21/h12-17,19H,7-11H2,1-6H3/t13-,14-,15-,16-,17+,19+/m0/s1. The van der Waals surface area contributed by atoms with Crippen molar-refractivity contribution in [3.8, 4) is 0 Å². The molecule has 5 heteroatoms. The first-order valence-corrected chi connectivity index (χ1v) is 9.21. The van der Waals surface area contributed by atoms with E-state index in [9.17, 15) is 9.59 Å². The Bertz CT molecular complexity index is 401. The van der Waals surface area contributed by atoms with Gasteiger partial charge in [0.25, 0.3) is 0 Å². The van der Waals surface area contributed by atoms with Gasteiger partial charge in [-0.25, -0.2) is 0 Å². The van der Waals surface area contributed by atoms with Gasteiger partial charge in [0.05, 0.1) is 24.7 Å². The maximum Gasteiger partial charge on any atom is 0.225 e. The summed E-state index contributed by atoms with van der Waals surface area (Å²) < 4.78 is 11.2. The predicted octanol–water partition coefficient (Wildman–Crippen LogP) is 2.91. The van der Waals surface area contributed by atoms with E-state index < -0.39 is 0 Å². The molecule has 1 heterocycles. The Morgan fingerprint density at radius 3 is 2.42 bits per heavy atom. The lowest BCUT2D eigenvalue weighted by molar-refractivity contribution is -0.140. The fraction of sp³-hybridized carbons (Fsp3) is 0.895. The Hall–Kier alpha value is -0.940. The summed E-state index contributed by atoms with van der Waals surface area (Å²) in [6, 6.07) is -0.0147. The van der Waals surface area contributed by atoms with Crippen LogP contribution in [0.15, 0.2) is 0 Å². The van der Waals surface area contributed by atoms with Crippen molar-refractivity contribution < 1.29 is 19.1 Å². The fourth-order valence-corrected chi connectivity index (χ4v) is 3.75. The number of carbonyl (C=O) groups excluding carboxylic acids is 2. The van der Waals surface area contributed by atoms with Crippen LogP contribution in [-0.4, -0.2) is 56.1 Å². The maximum atomic E-state index is 12.9. The van der Waals surface area contributed by atoms with E-state index in [0.29, 0.717) is 18.3 Å². The second-order valence-electron chi connectivity index (χ2n) is 7.22. The summed E-state index contributed by atoms with van der Waals surface area (Å²) >= 11 is 0. The number of hydrogen-bond donors (Lipinski definition) is 0. The molecule has 6 atom stereocenters. The molecule has 1 amide bonds. The lowest BCUT2D eigenvalue weighted by Crippen LogP contribution is -2.47. The van der Waals surface area contributed by atoms with Crippen molar-refractivity contribution in [2.24, 2.45) is 17.8 Å². The van der Waals surface area contributed by atoms with Crippen LogP contribution in [0.5, 0.6) is 0 Å². The quantitative estimate of drug-likeness (QED) is 0.573. The fourth-order valence-electron chi connectivity index (χ4n) is 3.75. The molecular weight excluding hydrogens is 306 g/mol. The van der Waals surface area contributed by atoms with Crippen molar-refractivity contribution in [1.29, 1.82) is 0 Å². The molecule has 1 saturated heterocycles. The van der Waals surface area contributed by atoms with E-state index in [2.05, 4.69) is 20.8 Å². The Morgan fingerprint density at radius 1 is 1.25 bits per heavy atom. The normalized spacial score (nSPS) is 24.2. The van der Waals surface area contributed by atoms with Crippen molar-refractivity contribution in [3.05, 3.63) is 0 Å². The van der Waals surface area contributed by atoms with Crippen molar-refractivity contribution >= 4 is 12.2 Å². The molecule has 0 aromatic carbocycles. The summed E-state index contributed by atoms with van der Waals surface area (Å²) in [5, 5.41) is 0. The molecule has 0 saturated carbocycles. The van der Waals surface area contributed by atoms with Crippen LogP contribution in [0.4, 0.5) is 0 Å². The Morgan fingerprint density at radius 2 is 1.92 bits per heavy atom. The minimum Gasteiger partial charge on any atom is -0.381 e. The number of methoxy groups -OCH3 is 2. The van der Waals surface area contributed by atoms with Crippen LogP contribution in [0.2, 0.25) is 0 Å². The van der Waals surface area contributed by atoms with Gasteiger partial charge < -0.3 is 19.2 Å². The number of ether oxygens (including phenoxy) is 2. The average molecular weight is 341 g/mol. The third kappa shape index (κ3) is 5.03. The third-order valence-electron chi connectivity index (χ3n) is 5.81. The Balaban J connectivity index is 2.79. The number of hydrogen-bond acceptors (Lipinski definition) is 4. The number of likely N-dealkylation sites (tertiary alicyclic amines) is 1. The van der Waals surface area contributed by atoms with Crippen molar-refractivity contribution in [2.75, 3.05) is 20.8 Å². The summed E-state index contributed by atoms with van der Waals surface area (Å²) in [6.45, 7) is 9.11. The first kappa shape index (κ1) is 21.1. The molecule has 5 nitrogen and oxygen atoms in total. The van der Waals surface area contributed by atoms with Crippen LogP contribution >= 0.6 is 0 Å². The van der Waals surface area contributed by atoms with E-state index in [-0.39, 0.29) is 30.1 Å². The summed E-state index contributed by atoms with van der Waals surface area (Å²) in [4.78, 5) is 25.9. The summed E-state index contributed by atoms with van der Waals surface area (Å²) in [5.41, 5.74) is 0. The van der Waals surface area contributed by atoms with Gasteiger partial charge in [0.1, 0.15) is 6.29 Å². The Labute approximate surface area is 147 Å². The number of nitrogens with zero attached hydrogens (tertiary/aromatic N) is 1. The summed E-state index contributed by atoms with van der Waals surface area (Å²) in [5.74, 6) is 0.737. The first-order valence-electron chi connectivity index (χ1n) is 9.21. The second kappa shape index (κ2) is 10.1. The van der Waals surface area contributed by atoms with E-state index in [4.69, 9.17) is 9.47 Å². The lowest BCUT2D eigenvalue weighted by atomic mass is 9.87. The average Bonchev–Trinajstić information content (AvgIpc) is 3.07. The van der Waals surface area contributed by atoms with Gasteiger partial charge in [-0.05, 0) is 24.7 Å². The molecule has 0 radical (unpaired) electrons. The molecule has 0 spiro atoms. The zero-order chi connectivity index (χ0) is 18.3. The molecule has 1 fully saturated rings. The molecule has 24 heavy (non-hydrogen) atoms. The minimum atomic E-state index is -0.234. The molecule has 0 bridgehead atoms. The SMILES string of the molecule is CC[C@H](C)[C@H](C)[C@@H](CC(=O)N1CCC[C@H]1[C@H](OC)[C@@H](C)C=O)OC. The molecule has 0 aromatic heterocycles. The molecule has 0 aliphatic carbocycles. The molecule has 1 aliphatic rings. The van der Waals surface area contributed by atoms with Crippen LogP contribution < -0.4 is 0 Å². The van der Waals surface area contributed by atoms with E-state index in [1.807, 2.05) is 11.8 Å². The van der Waals surface area contributed by atoms with Crippen LogP contribution in [0.1, 0.15) is 53.4 Å². The largest absolute Gasteiger partial charge is 0.381 e. The number of carbonyl (C=O) groups is 2. The molecule has 0 N–H and O–H groups in total. The maximum absolute atomic E-state index is 12.9. The predicted molar refractivity (Wildman–Crippen MR) is 94.8 cm³/mol. The molecule has 1 aliphatic heterocycles. The summed E-state index contributed by atoms with van der Waals surface area (Å²) in [6.07, 6.45) is 3.92. The lowest BCUT2D eigenvalue weighted by Gasteiger charge is -2.34. The second-order valence-corrected chi connectivity index (χ2v) is 7.22. The highest BCUT2D eigenvalue weighted by Gasteiger charge is 2.38. The van der Waals surface area contributed by atoms with Gasteiger partial charge in [-0.3, -0.25) is 4.79 Å². The van der Waals surface area contributed by atoms with Crippen LogP contribution in [0.3, 0.4) is 0 Å². The van der Waals surface area contributed by atoms with Gasteiger partial charge in [-0.15, -0.1) is 0 Å². The molecule has 140 valence electrons. The smallest absolute Gasteiger partial charge is 0.225 e. The van der Waals surface area contributed by atoms with Crippen LogP contribution in [-0.2, 0) is 19.1 Å². The zero-order valence-electron chi connectivity index (χ0n) is 16.2. The van der Waals surface area contributed by atoms with Gasteiger partial charge >= 0.3 is 0 Å². The third-order valence-corrected chi connectivity index (χ3v) is 5.81. The van der Waals surface area contributed by atoms with Crippen molar-refractivity contribution in [1.82, 2.24) is 4.90 Å². The monoisotopic (exact) mass is 341 g/mol. The molecular formula is C19H35NO4. The zero-order valence-corrected chi connectivity index (χ0v) is 16.2. The van der Waals surface area contributed by atoms with Gasteiger partial charge in [0.15, 0.2) is 0 Å². The molecule has 1 rings (SSSR count). The number of rotatable bonds is 10. The highest BCUT2D eigenvalue weighted by Crippen LogP contribution is 2.28. The minimum absolute atomic E-state index is 0.0147. The topological polar surface area (TPSA) is 55.8 Å². The van der Waals surface area contributed by atoms with E-state index >= 15 is 0 Å². The first-order chi connectivity index (χ1) is 11.4. The molecule has 0 unspecified atom stereocenters. The van der Waals surface area contributed by atoms with E-state index in [0.717, 1.165) is 32.1 Å². The Kier molecular flexibility index (Phi) is 8.92. The number of aldehydes is 1. The highest BCUT2D eigenvalue weighted by molar-refractivity contribution is 5.77. The highest BCUT2D eigenvalue weighted by atomic mass is 16.5. The summed E-state index contributed by atoms with van der Waals surface area (Å²) in [7, 11) is 3.30. The molecule has 0 aromatic rings. The van der Waals surface area contributed by atoms with Gasteiger partial charge in [0.2, 0.25) is 5.91 Å². The van der Waals surface area contributed by atoms with Crippen LogP contribution in [0, 0.1) is 17.8 Å². The van der Waals surface area contributed by atoms with Gasteiger partial charge in [-0.2, -0.15) is 0 Å². The van der Waals surface area contributed by atoms with Gasteiger partial charge in [0, 0.05) is 26.7 Å². The van der Waals surface area contributed by atoms with Crippen molar-refractivity contribution in [2.45, 2.75) is 71.6 Å². The van der Waals surface area contributed by atoms with Crippen molar-refractivity contribution in [3.63, 3.8) is 0 Å². The van der Waals surface area contributed by atoms with E-state index in [1.54, 1.807) is 14.2 Å². The number of amides is 1. The van der Waals surface area contributed by atoms with Crippen LogP contribution in [0.25, 0.3) is 0 Å². The van der Waals surface area contributed by atoms with E-state index in [1.165, 1.54) is 0 Å².